The van der Waals surface area contributed by atoms with Gasteiger partial charge in [0.25, 0.3) is 5.91 Å². The van der Waals surface area contributed by atoms with E-state index in [1.807, 2.05) is 0 Å². The molecule has 1 heterocycles. The maximum atomic E-state index is 11.8. The minimum absolute atomic E-state index is 0.0836. The fourth-order valence-electron chi connectivity index (χ4n) is 2.11. The van der Waals surface area contributed by atoms with Crippen molar-refractivity contribution in [3.05, 3.63) is 17.8 Å². The summed E-state index contributed by atoms with van der Waals surface area (Å²) in [5, 5.41) is 11.6. The summed E-state index contributed by atoms with van der Waals surface area (Å²) in [5.74, 6) is -0.972. The summed E-state index contributed by atoms with van der Waals surface area (Å²) < 4.78 is 4.94. The Labute approximate surface area is 98.0 Å². The average molecular weight is 238 g/mol. The number of carboxylic acid groups (broad SMARTS) is 1. The molecule has 92 valence electrons. The van der Waals surface area contributed by atoms with Gasteiger partial charge in [-0.2, -0.15) is 0 Å². The summed E-state index contributed by atoms with van der Waals surface area (Å²) in [4.78, 5) is 26.4. The average Bonchev–Trinajstić information content (AvgIpc) is 2.86. The van der Waals surface area contributed by atoms with Crippen LogP contribution in [0.2, 0.25) is 0 Å². The van der Waals surface area contributed by atoms with Crippen LogP contribution in [0.25, 0.3) is 0 Å². The van der Waals surface area contributed by atoms with E-state index in [0.717, 1.165) is 0 Å². The molecule has 1 amide bonds. The minimum Gasteiger partial charge on any atom is -0.481 e. The number of carboxylic acids is 1. The molecule has 2 N–H and O–H groups in total. The number of aromatic nitrogens is 1. The third-order valence-corrected chi connectivity index (χ3v) is 3.08. The van der Waals surface area contributed by atoms with Crippen LogP contribution in [0.4, 0.5) is 0 Å². The zero-order valence-electron chi connectivity index (χ0n) is 9.47. The van der Waals surface area contributed by atoms with Gasteiger partial charge in [-0.05, 0) is 26.2 Å². The number of carbonyl (C=O) groups is 2. The molecule has 2 atom stereocenters. The largest absolute Gasteiger partial charge is 0.481 e. The van der Waals surface area contributed by atoms with Crippen LogP contribution in [0.3, 0.4) is 0 Å². The molecule has 6 nitrogen and oxygen atoms in total. The fraction of sp³-hybridized carbons (Fsp3) is 0.545. The van der Waals surface area contributed by atoms with Crippen LogP contribution >= 0.6 is 0 Å². The first-order chi connectivity index (χ1) is 8.08. The van der Waals surface area contributed by atoms with Gasteiger partial charge in [0.15, 0.2) is 12.1 Å². The van der Waals surface area contributed by atoms with Crippen molar-refractivity contribution in [2.75, 3.05) is 0 Å². The SMILES string of the molecule is Cc1ocnc1C(=O)N[C@H]1CC[C@@H](C(=O)O)C1. The van der Waals surface area contributed by atoms with Crippen LogP contribution in [0.5, 0.6) is 0 Å². The number of aryl methyl sites for hydroxylation is 1. The molecule has 0 bridgehead atoms. The van der Waals surface area contributed by atoms with Gasteiger partial charge in [-0.1, -0.05) is 0 Å². The van der Waals surface area contributed by atoms with Crippen LogP contribution in [0.15, 0.2) is 10.8 Å². The Morgan fingerprint density at radius 1 is 1.53 bits per heavy atom. The first kappa shape index (κ1) is 11.6. The van der Waals surface area contributed by atoms with E-state index in [2.05, 4.69) is 10.3 Å². The Balaban J connectivity index is 1.93. The van der Waals surface area contributed by atoms with Crippen molar-refractivity contribution < 1.29 is 19.1 Å². The van der Waals surface area contributed by atoms with Gasteiger partial charge in [-0.15, -0.1) is 0 Å². The van der Waals surface area contributed by atoms with Crippen LogP contribution in [-0.4, -0.2) is 28.0 Å². The number of aliphatic carboxylic acids is 1. The van der Waals surface area contributed by atoms with E-state index in [1.165, 1.54) is 6.39 Å². The van der Waals surface area contributed by atoms with Crippen molar-refractivity contribution in [3.63, 3.8) is 0 Å². The molecule has 1 aromatic heterocycles. The maximum absolute atomic E-state index is 11.8. The standard InChI is InChI=1S/C11H14N2O4/c1-6-9(12-5-17-6)10(14)13-8-3-2-7(4-8)11(15)16/h5,7-8H,2-4H2,1H3,(H,13,14)(H,15,16)/t7-,8+/m1/s1. The molecule has 6 heteroatoms. The van der Waals surface area contributed by atoms with Gasteiger partial charge in [0, 0.05) is 6.04 Å². The van der Waals surface area contributed by atoms with E-state index < -0.39 is 5.97 Å². The highest BCUT2D eigenvalue weighted by molar-refractivity contribution is 5.93. The molecule has 0 radical (unpaired) electrons. The molecule has 2 rings (SSSR count). The monoisotopic (exact) mass is 238 g/mol. The Morgan fingerprint density at radius 3 is 2.82 bits per heavy atom. The maximum Gasteiger partial charge on any atom is 0.306 e. The van der Waals surface area contributed by atoms with E-state index in [0.29, 0.717) is 25.0 Å². The molecule has 17 heavy (non-hydrogen) atoms. The lowest BCUT2D eigenvalue weighted by atomic mass is 10.1. The first-order valence-corrected chi connectivity index (χ1v) is 5.51. The van der Waals surface area contributed by atoms with Crippen LogP contribution in [0, 0.1) is 12.8 Å². The topological polar surface area (TPSA) is 92.4 Å². The minimum atomic E-state index is -0.792. The Morgan fingerprint density at radius 2 is 2.29 bits per heavy atom. The number of rotatable bonds is 3. The molecule has 1 fully saturated rings. The second-order valence-corrected chi connectivity index (χ2v) is 4.28. The molecule has 0 aliphatic heterocycles. The van der Waals surface area contributed by atoms with Gasteiger partial charge in [-0.3, -0.25) is 9.59 Å². The van der Waals surface area contributed by atoms with E-state index in [9.17, 15) is 9.59 Å². The van der Waals surface area contributed by atoms with Crippen LogP contribution < -0.4 is 5.32 Å². The van der Waals surface area contributed by atoms with Crippen molar-refractivity contribution in [3.8, 4) is 0 Å². The molecular weight excluding hydrogens is 224 g/mol. The summed E-state index contributed by atoms with van der Waals surface area (Å²) in [7, 11) is 0. The molecule has 0 aromatic carbocycles. The zero-order valence-corrected chi connectivity index (χ0v) is 9.47. The zero-order chi connectivity index (χ0) is 12.4. The lowest BCUT2D eigenvalue weighted by molar-refractivity contribution is -0.141. The normalized spacial score (nSPS) is 23.6. The lowest BCUT2D eigenvalue weighted by Crippen LogP contribution is -2.33. The number of amides is 1. The third-order valence-electron chi connectivity index (χ3n) is 3.08. The molecule has 0 unspecified atom stereocenters. The summed E-state index contributed by atoms with van der Waals surface area (Å²) in [6.07, 6.45) is 3.01. The van der Waals surface area contributed by atoms with E-state index in [1.54, 1.807) is 6.92 Å². The molecule has 1 aliphatic carbocycles. The van der Waals surface area contributed by atoms with Gasteiger partial charge in [0.05, 0.1) is 5.92 Å². The molecule has 1 aromatic rings. The molecule has 1 saturated carbocycles. The van der Waals surface area contributed by atoms with Gasteiger partial charge in [0.1, 0.15) is 5.76 Å². The Bertz CT molecular complexity index is 440. The smallest absolute Gasteiger partial charge is 0.306 e. The summed E-state index contributed by atoms with van der Waals surface area (Å²) >= 11 is 0. The number of carbonyl (C=O) groups excluding carboxylic acids is 1. The third kappa shape index (κ3) is 2.46. The van der Waals surface area contributed by atoms with E-state index in [4.69, 9.17) is 9.52 Å². The number of hydrogen-bond donors (Lipinski definition) is 2. The van der Waals surface area contributed by atoms with Crippen LogP contribution in [0.1, 0.15) is 35.5 Å². The fourth-order valence-corrected chi connectivity index (χ4v) is 2.11. The molecule has 0 saturated heterocycles. The molecule has 0 spiro atoms. The Kier molecular flexibility index (Phi) is 3.12. The van der Waals surface area contributed by atoms with Crippen LogP contribution in [-0.2, 0) is 4.79 Å². The summed E-state index contributed by atoms with van der Waals surface area (Å²) in [5.41, 5.74) is 0.267. The predicted molar refractivity (Wildman–Crippen MR) is 57.5 cm³/mol. The second kappa shape index (κ2) is 4.57. The predicted octanol–water partition coefficient (Wildman–Crippen LogP) is 0.966. The number of oxazole rings is 1. The summed E-state index contributed by atoms with van der Waals surface area (Å²) in [6, 6.07) is -0.0836. The first-order valence-electron chi connectivity index (χ1n) is 5.51. The van der Waals surface area contributed by atoms with Crippen molar-refractivity contribution >= 4 is 11.9 Å². The van der Waals surface area contributed by atoms with E-state index in [-0.39, 0.29) is 23.6 Å². The molecule has 1 aliphatic rings. The van der Waals surface area contributed by atoms with Gasteiger partial charge >= 0.3 is 5.97 Å². The van der Waals surface area contributed by atoms with Crippen molar-refractivity contribution in [1.82, 2.24) is 10.3 Å². The molecular formula is C11H14N2O4. The number of nitrogens with zero attached hydrogens (tertiary/aromatic N) is 1. The summed E-state index contributed by atoms with van der Waals surface area (Å²) in [6.45, 7) is 1.66. The van der Waals surface area contributed by atoms with Gasteiger partial charge in [-0.25, -0.2) is 4.98 Å². The highest BCUT2D eigenvalue weighted by Crippen LogP contribution is 2.25. The second-order valence-electron chi connectivity index (χ2n) is 4.28. The van der Waals surface area contributed by atoms with E-state index >= 15 is 0 Å². The van der Waals surface area contributed by atoms with Gasteiger partial charge < -0.3 is 14.8 Å². The highest BCUT2D eigenvalue weighted by Gasteiger charge is 2.31. The van der Waals surface area contributed by atoms with Crippen molar-refractivity contribution in [2.24, 2.45) is 5.92 Å². The lowest BCUT2D eigenvalue weighted by Gasteiger charge is -2.11. The van der Waals surface area contributed by atoms with Crippen molar-refractivity contribution in [1.29, 1.82) is 0 Å². The van der Waals surface area contributed by atoms with Crippen molar-refractivity contribution in [2.45, 2.75) is 32.2 Å². The van der Waals surface area contributed by atoms with Gasteiger partial charge in [0.2, 0.25) is 0 Å². The quantitative estimate of drug-likeness (QED) is 0.818. The number of hydrogen-bond acceptors (Lipinski definition) is 4. The highest BCUT2D eigenvalue weighted by atomic mass is 16.4. The Hall–Kier alpha value is -1.85. The number of nitrogens with one attached hydrogen (secondary N) is 1.